The van der Waals surface area contributed by atoms with Gasteiger partial charge in [-0.3, -0.25) is 19.8 Å². The predicted molar refractivity (Wildman–Crippen MR) is 105 cm³/mol. The fraction of sp³-hybridized carbons (Fsp3) is 0. The molecule has 0 saturated heterocycles. The number of hydrogen-bond donors (Lipinski definition) is 1. The van der Waals surface area contributed by atoms with Gasteiger partial charge in [0.25, 0.3) is 5.69 Å². The Labute approximate surface area is 162 Å². The monoisotopic (exact) mass is 396 g/mol. The molecule has 4 rings (SSSR count). The summed E-state index contributed by atoms with van der Waals surface area (Å²) < 4.78 is 8.10. The number of nitro groups is 1. The highest BCUT2D eigenvalue weighted by atomic mass is 32.1. The average molecular weight is 396 g/mol. The van der Waals surface area contributed by atoms with E-state index in [-0.39, 0.29) is 5.69 Å². The maximum absolute atomic E-state index is 10.7. The molecule has 0 atom stereocenters. The molecule has 0 aliphatic rings. The second kappa shape index (κ2) is 7.14. The summed E-state index contributed by atoms with van der Waals surface area (Å²) in [5.74, 6) is 1.88. The number of benzene rings is 2. The topological polar surface area (TPSA) is 86.0 Å². The van der Waals surface area contributed by atoms with Gasteiger partial charge in [0.1, 0.15) is 11.5 Å². The van der Waals surface area contributed by atoms with Crippen molar-refractivity contribution < 1.29 is 9.66 Å². The maximum Gasteiger partial charge on any atom is 0.269 e. The van der Waals surface area contributed by atoms with Crippen LogP contribution in [-0.4, -0.2) is 19.7 Å². The minimum Gasteiger partial charge on any atom is -0.457 e. The fourth-order valence-electron chi connectivity index (χ4n) is 2.54. The second-order valence-corrected chi connectivity index (χ2v) is 6.85. The predicted octanol–water partition coefficient (Wildman–Crippen LogP) is 5.36. The molecule has 0 saturated carbocycles. The molecule has 1 N–H and O–H groups in total. The van der Waals surface area contributed by atoms with Crippen LogP contribution in [0.4, 0.5) is 5.69 Å². The first kappa shape index (κ1) is 17.1. The van der Waals surface area contributed by atoms with Crippen LogP contribution in [-0.2, 0) is 0 Å². The first-order valence-corrected chi connectivity index (χ1v) is 9.14. The van der Waals surface area contributed by atoms with Gasteiger partial charge in [0, 0.05) is 12.1 Å². The number of nitrogens with zero attached hydrogens (tertiary/aromatic N) is 3. The smallest absolute Gasteiger partial charge is 0.269 e. The van der Waals surface area contributed by atoms with Gasteiger partial charge < -0.3 is 4.74 Å². The lowest BCUT2D eigenvalue weighted by Crippen LogP contribution is -1.96. The van der Waals surface area contributed by atoms with Crippen LogP contribution in [0.2, 0.25) is 0 Å². The van der Waals surface area contributed by atoms with Gasteiger partial charge in [-0.25, -0.2) is 0 Å². The summed E-state index contributed by atoms with van der Waals surface area (Å²) in [6.45, 7) is 0. The van der Waals surface area contributed by atoms with Gasteiger partial charge in [-0.05, 0) is 60.1 Å². The number of ether oxygens (including phenoxy) is 1. The van der Waals surface area contributed by atoms with Crippen molar-refractivity contribution in [1.29, 1.82) is 0 Å². The van der Waals surface area contributed by atoms with Gasteiger partial charge in [0.05, 0.1) is 15.5 Å². The molecule has 2 aromatic carbocycles. The molecular weight excluding hydrogens is 384 g/mol. The molecule has 9 heteroatoms. The Morgan fingerprint density at radius 3 is 2.33 bits per heavy atom. The number of nitro benzene ring substituents is 1. The van der Waals surface area contributed by atoms with E-state index in [9.17, 15) is 10.1 Å². The Balaban J connectivity index is 1.59. The Morgan fingerprint density at radius 1 is 1.07 bits per heavy atom. The molecule has 0 aliphatic carbocycles. The van der Waals surface area contributed by atoms with Gasteiger partial charge >= 0.3 is 0 Å². The molecule has 0 radical (unpaired) electrons. The normalized spacial score (nSPS) is 10.7. The zero-order chi connectivity index (χ0) is 18.8. The third-order valence-corrected chi connectivity index (χ3v) is 4.93. The third kappa shape index (κ3) is 3.50. The molecule has 2 aromatic heterocycles. The molecule has 0 fully saturated rings. The number of H-pyrrole nitrogens is 1. The zero-order valence-electron chi connectivity index (χ0n) is 13.7. The number of non-ortho nitro benzene ring substituents is 1. The van der Waals surface area contributed by atoms with Crippen molar-refractivity contribution >= 4 is 29.2 Å². The summed E-state index contributed by atoms with van der Waals surface area (Å²) in [4.78, 5) is 11.3. The number of thiophene rings is 1. The van der Waals surface area contributed by atoms with Crippen molar-refractivity contribution in [2.75, 3.05) is 0 Å². The zero-order valence-corrected chi connectivity index (χ0v) is 15.4. The van der Waals surface area contributed by atoms with Crippen LogP contribution < -0.4 is 4.74 Å². The molecule has 4 aromatic rings. The van der Waals surface area contributed by atoms with Crippen molar-refractivity contribution in [2.24, 2.45) is 0 Å². The standard InChI is InChI=1S/C18H12N4O3S2/c23-22(24)13-5-9-15(10-6-13)25-14-7-3-12(4-8-14)21-17(19-20-18(21)26)16-2-1-11-27-16/h1-11H,(H,20,26). The number of nitrogens with one attached hydrogen (secondary N) is 1. The Kier molecular flexibility index (Phi) is 4.53. The number of aromatic amines is 1. The Hall–Kier alpha value is -3.30. The quantitative estimate of drug-likeness (QED) is 0.279. The van der Waals surface area contributed by atoms with Crippen LogP contribution in [0, 0.1) is 14.9 Å². The van der Waals surface area contributed by atoms with E-state index in [2.05, 4.69) is 10.2 Å². The minimum absolute atomic E-state index is 0.0214. The number of rotatable bonds is 5. The first-order valence-electron chi connectivity index (χ1n) is 7.86. The van der Waals surface area contributed by atoms with E-state index >= 15 is 0 Å². The van der Waals surface area contributed by atoms with E-state index in [0.717, 1.165) is 16.4 Å². The number of aromatic nitrogens is 3. The van der Waals surface area contributed by atoms with Crippen LogP contribution in [0.25, 0.3) is 16.4 Å². The van der Waals surface area contributed by atoms with E-state index in [4.69, 9.17) is 17.0 Å². The van der Waals surface area contributed by atoms with E-state index < -0.39 is 4.92 Å². The average Bonchev–Trinajstić information content (AvgIpc) is 3.32. The molecule has 7 nitrogen and oxygen atoms in total. The summed E-state index contributed by atoms with van der Waals surface area (Å²) in [6, 6.07) is 17.3. The van der Waals surface area contributed by atoms with Crippen LogP contribution in [0.15, 0.2) is 66.0 Å². The van der Waals surface area contributed by atoms with Crippen molar-refractivity contribution in [3.63, 3.8) is 0 Å². The largest absolute Gasteiger partial charge is 0.457 e. The first-order chi connectivity index (χ1) is 13.1. The van der Waals surface area contributed by atoms with Crippen molar-refractivity contribution in [3.8, 4) is 27.9 Å². The highest BCUT2D eigenvalue weighted by molar-refractivity contribution is 7.71. The molecule has 0 aliphatic heterocycles. The molecule has 2 heterocycles. The lowest BCUT2D eigenvalue weighted by molar-refractivity contribution is -0.384. The highest BCUT2D eigenvalue weighted by Crippen LogP contribution is 2.28. The molecule has 0 amide bonds. The summed E-state index contributed by atoms with van der Waals surface area (Å²) in [5, 5.41) is 19.8. The minimum atomic E-state index is -0.446. The van der Waals surface area contributed by atoms with Crippen molar-refractivity contribution in [3.05, 3.63) is 80.9 Å². The number of hydrogen-bond acceptors (Lipinski definition) is 6. The molecule has 0 spiro atoms. The second-order valence-electron chi connectivity index (χ2n) is 5.51. The summed E-state index contributed by atoms with van der Waals surface area (Å²) in [5.41, 5.74) is 0.876. The summed E-state index contributed by atoms with van der Waals surface area (Å²) in [6.07, 6.45) is 0. The fourth-order valence-corrected chi connectivity index (χ4v) is 3.48. The lowest BCUT2D eigenvalue weighted by atomic mass is 10.2. The van der Waals surface area contributed by atoms with Crippen LogP contribution >= 0.6 is 23.6 Å². The lowest BCUT2D eigenvalue weighted by Gasteiger charge is -2.08. The molecule has 27 heavy (non-hydrogen) atoms. The molecule has 134 valence electrons. The van der Waals surface area contributed by atoms with Crippen molar-refractivity contribution in [2.45, 2.75) is 0 Å². The SMILES string of the molecule is O=[N+]([O-])c1ccc(Oc2ccc(-n3c(-c4cccs4)n[nH]c3=S)cc2)cc1. The molecule has 0 bridgehead atoms. The van der Waals surface area contributed by atoms with Crippen LogP contribution in [0.1, 0.15) is 0 Å². The van der Waals surface area contributed by atoms with Crippen LogP contribution in [0.5, 0.6) is 11.5 Å². The van der Waals surface area contributed by atoms with E-state index in [1.807, 2.05) is 46.3 Å². The van der Waals surface area contributed by atoms with E-state index in [1.54, 1.807) is 23.5 Å². The third-order valence-electron chi connectivity index (χ3n) is 3.79. The maximum atomic E-state index is 10.7. The Bertz CT molecular complexity index is 1130. The Morgan fingerprint density at radius 2 is 1.74 bits per heavy atom. The van der Waals surface area contributed by atoms with Gasteiger partial charge in [-0.2, -0.15) is 5.10 Å². The van der Waals surface area contributed by atoms with Gasteiger partial charge in [-0.1, -0.05) is 6.07 Å². The summed E-state index contributed by atoms with van der Waals surface area (Å²) >= 11 is 6.95. The van der Waals surface area contributed by atoms with Gasteiger partial charge in [0.15, 0.2) is 10.6 Å². The van der Waals surface area contributed by atoms with Crippen LogP contribution in [0.3, 0.4) is 0 Å². The van der Waals surface area contributed by atoms with E-state index in [0.29, 0.717) is 16.3 Å². The molecule has 0 unspecified atom stereocenters. The van der Waals surface area contributed by atoms with Crippen molar-refractivity contribution in [1.82, 2.24) is 14.8 Å². The van der Waals surface area contributed by atoms with Gasteiger partial charge in [0.2, 0.25) is 0 Å². The highest BCUT2D eigenvalue weighted by Gasteiger charge is 2.12. The molecular formula is C18H12N4O3S2. The summed E-state index contributed by atoms with van der Waals surface area (Å²) in [7, 11) is 0. The van der Waals surface area contributed by atoms with E-state index in [1.165, 1.54) is 12.1 Å². The van der Waals surface area contributed by atoms with Gasteiger partial charge in [-0.15, -0.1) is 11.3 Å².